The van der Waals surface area contributed by atoms with Gasteiger partial charge < -0.3 is 26.8 Å². The minimum atomic E-state index is -1.71. The van der Waals surface area contributed by atoms with Gasteiger partial charge in [0.2, 0.25) is 0 Å². The molecule has 4 rings (SSSR count). The predicted octanol–water partition coefficient (Wildman–Crippen LogP) is 6.37. The first kappa shape index (κ1) is 36.5. The molecule has 4 aromatic carbocycles. The summed E-state index contributed by atoms with van der Waals surface area (Å²) in [7, 11) is -1.71. The Hall–Kier alpha value is -3.01. The standard InChI is InChI=1S/C39H46FO3P.BrH/c40-38-32-33(41)28-29-37(38)39(42)43-30-20-9-7-5-3-1-2-4-6-8-10-21-31-44(34-22-14-11-15-23-34,35-24-16-12-17-25-35)36-26-18-13-19-27-36;/h11-19,22-29,32H,1-10,20-21,30-31H2;1H. The lowest BCUT2D eigenvalue weighted by Crippen LogP contribution is -3.00. The number of carbonyl (C=O) groups is 1. The van der Waals surface area contributed by atoms with Gasteiger partial charge in [-0.1, -0.05) is 112 Å². The van der Waals surface area contributed by atoms with E-state index in [4.69, 9.17) is 4.74 Å². The van der Waals surface area contributed by atoms with Crippen molar-refractivity contribution in [1.82, 2.24) is 0 Å². The van der Waals surface area contributed by atoms with E-state index in [-0.39, 0.29) is 28.3 Å². The molecule has 3 nitrogen and oxygen atoms in total. The van der Waals surface area contributed by atoms with Crippen LogP contribution in [0.5, 0.6) is 5.75 Å². The van der Waals surface area contributed by atoms with Crippen LogP contribution in [0.25, 0.3) is 0 Å². The van der Waals surface area contributed by atoms with E-state index in [1.165, 1.54) is 92.0 Å². The normalized spacial score (nSPS) is 11.1. The van der Waals surface area contributed by atoms with Crippen LogP contribution >= 0.6 is 7.26 Å². The Balaban J connectivity index is 0.00000552. The fourth-order valence-electron chi connectivity index (χ4n) is 6.01. The number of ether oxygens (including phenoxy) is 1. The number of phenolic OH excluding ortho intramolecular Hbond substituents is 1. The fraction of sp³-hybridized carbons (Fsp3) is 0.359. The number of aromatic hydroxyl groups is 1. The first-order chi connectivity index (χ1) is 21.6. The zero-order valence-corrected chi connectivity index (χ0v) is 28.7. The molecule has 240 valence electrons. The molecule has 6 heteroatoms. The van der Waals surface area contributed by atoms with Gasteiger partial charge in [-0.2, -0.15) is 0 Å². The molecule has 0 bridgehead atoms. The van der Waals surface area contributed by atoms with Gasteiger partial charge in [0.1, 0.15) is 34.7 Å². The molecule has 4 aromatic rings. The molecular weight excluding hydrogens is 646 g/mol. The van der Waals surface area contributed by atoms with Gasteiger partial charge in [0.05, 0.1) is 18.3 Å². The number of rotatable bonds is 19. The summed E-state index contributed by atoms with van der Waals surface area (Å²) >= 11 is 0. The van der Waals surface area contributed by atoms with Crippen LogP contribution in [0.15, 0.2) is 109 Å². The van der Waals surface area contributed by atoms with Crippen molar-refractivity contribution in [1.29, 1.82) is 0 Å². The summed E-state index contributed by atoms with van der Waals surface area (Å²) in [5.74, 6) is -1.64. The number of halogens is 2. The van der Waals surface area contributed by atoms with Gasteiger partial charge in [0, 0.05) is 6.07 Å². The monoisotopic (exact) mass is 692 g/mol. The molecule has 0 radical (unpaired) electrons. The lowest BCUT2D eigenvalue weighted by Gasteiger charge is -2.27. The lowest BCUT2D eigenvalue weighted by molar-refractivity contribution is -0.0000297. The van der Waals surface area contributed by atoms with E-state index in [0.717, 1.165) is 25.3 Å². The van der Waals surface area contributed by atoms with Crippen molar-refractivity contribution in [3.05, 3.63) is 121 Å². The number of phenols is 1. The largest absolute Gasteiger partial charge is 1.00 e. The second kappa shape index (κ2) is 20.2. The molecular formula is C39H47BrFO3P. The number of hydrogen-bond donors (Lipinski definition) is 1. The minimum Gasteiger partial charge on any atom is -1.00 e. The third-order valence-corrected chi connectivity index (χ3v) is 12.9. The Morgan fingerprint density at radius 1 is 0.578 bits per heavy atom. The highest BCUT2D eigenvalue weighted by molar-refractivity contribution is 7.95. The van der Waals surface area contributed by atoms with Crippen molar-refractivity contribution in [2.75, 3.05) is 12.8 Å². The summed E-state index contributed by atoms with van der Waals surface area (Å²) in [6.07, 6.45) is 15.6. The van der Waals surface area contributed by atoms with Crippen LogP contribution in [0.4, 0.5) is 4.39 Å². The van der Waals surface area contributed by atoms with Crippen molar-refractivity contribution >= 4 is 29.1 Å². The SMILES string of the molecule is O=C(OCCCCCCCCCCCCCC[P+](c1ccccc1)(c1ccccc1)c1ccccc1)c1ccc(O)cc1F.[Br-]. The topological polar surface area (TPSA) is 46.5 Å². The Kier molecular flexibility index (Phi) is 16.4. The van der Waals surface area contributed by atoms with Gasteiger partial charge >= 0.3 is 5.97 Å². The second-order valence-corrected chi connectivity index (χ2v) is 15.2. The number of esters is 1. The van der Waals surface area contributed by atoms with Crippen molar-refractivity contribution in [2.24, 2.45) is 0 Å². The first-order valence-corrected chi connectivity index (χ1v) is 18.3. The highest BCUT2D eigenvalue weighted by Crippen LogP contribution is 2.56. The third kappa shape index (κ3) is 11.1. The summed E-state index contributed by atoms with van der Waals surface area (Å²) in [6.45, 7) is 0.296. The average molecular weight is 694 g/mol. The van der Waals surface area contributed by atoms with Gasteiger partial charge in [-0.15, -0.1) is 0 Å². The highest BCUT2D eigenvalue weighted by Gasteiger charge is 2.44. The van der Waals surface area contributed by atoms with E-state index in [9.17, 15) is 14.3 Å². The number of unbranched alkanes of at least 4 members (excludes halogenated alkanes) is 11. The molecule has 0 atom stereocenters. The fourth-order valence-corrected chi connectivity index (χ4v) is 10.4. The maximum Gasteiger partial charge on any atom is 0.341 e. The van der Waals surface area contributed by atoms with Crippen molar-refractivity contribution in [2.45, 2.75) is 77.0 Å². The van der Waals surface area contributed by atoms with Crippen LogP contribution in [0.2, 0.25) is 0 Å². The number of carbonyl (C=O) groups excluding carboxylic acids is 1. The predicted molar refractivity (Wildman–Crippen MR) is 184 cm³/mol. The van der Waals surface area contributed by atoms with Gasteiger partial charge in [0.15, 0.2) is 0 Å². The van der Waals surface area contributed by atoms with Crippen LogP contribution < -0.4 is 32.9 Å². The van der Waals surface area contributed by atoms with Crippen LogP contribution in [-0.2, 0) is 4.74 Å². The Labute approximate surface area is 280 Å². The Morgan fingerprint density at radius 3 is 1.40 bits per heavy atom. The zero-order chi connectivity index (χ0) is 30.9. The number of hydrogen-bond acceptors (Lipinski definition) is 3. The summed E-state index contributed by atoms with van der Waals surface area (Å²) in [6, 6.07) is 37.0. The van der Waals surface area contributed by atoms with Crippen molar-refractivity contribution in [3.63, 3.8) is 0 Å². The molecule has 0 amide bonds. The summed E-state index contributed by atoms with van der Waals surface area (Å²) in [5, 5.41) is 13.7. The van der Waals surface area contributed by atoms with E-state index < -0.39 is 19.0 Å². The van der Waals surface area contributed by atoms with Gasteiger partial charge in [-0.3, -0.25) is 0 Å². The first-order valence-electron chi connectivity index (χ1n) is 16.3. The van der Waals surface area contributed by atoms with Crippen molar-refractivity contribution in [3.8, 4) is 5.75 Å². The van der Waals surface area contributed by atoms with E-state index in [0.29, 0.717) is 6.61 Å². The molecule has 0 heterocycles. The number of benzene rings is 4. The van der Waals surface area contributed by atoms with Crippen LogP contribution in [-0.4, -0.2) is 23.8 Å². The lowest BCUT2D eigenvalue weighted by atomic mass is 10.1. The molecule has 0 saturated carbocycles. The highest BCUT2D eigenvalue weighted by atomic mass is 79.9. The van der Waals surface area contributed by atoms with Crippen LogP contribution in [0, 0.1) is 5.82 Å². The second-order valence-electron chi connectivity index (χ2n) is 11.6. The molecule has 45 heavy (non-hydrogen) atoms. The summed E-state index contributed by atoms with van der Waals surface area (Å²) < 4.78 is 18.9. The Morgan fingerprint density at radius 2 is 0.978 bits per heavy atom. The van der Waals surface area contributed by atoms with Crippen molar-refractivity contribution < 1.29 is 36.0 Å². The minimum absolute atomic E-state index is 0. The molecule has 0 spiro atoms. The molecule has 0 unspecified atom stereocenters. The van der Waals surface area contributed by atoms with Gasteiger partial charge in [0.25, 0.3) is 0 Å². The summed E-state index contributed by atoms with van der Waals surface area (Å²) in [5.41, 5.74) is -0.135. The van der Waals surface area contributed by atoms with Crippen LogP contribution in [0.1, 0.15) is 87.4 Å². The van der Waals surface area contributed by atoms with Gasteiger partial charge in [-0.05, 0) is 67.8 Å². The van der Waals surface area contributed by atoms with Gasteiger partial charge in [-0.25, -0.2) is 9.18 Å². The molecule has 0 fully saturated rings. The van der Waals surface area contributed by atoms with E-state index in [2.05, 4.69) is 91.0 Å². The van der Waals surface area contributed by atoms with E-state index >= 15 is 0 Å². The maximum absolute atomic E-state index is 13.7. The van der Waals surface area contributed by atoms with Crippen LogP contribution in [0.3, 0.4) is 0 Å². The van der Waals surface area contributed by atoms with E-state index in [1.54, 1.807) is 0 Å². The summed E-state index contributed by atoms with van der Waals surface area (Å²) in [4.78, 5) is 12.0. The third-order valence-electron chi connectivity index (χ3n) is 8.38. The smallest absolute Gasteiger partial charge is 0.341 e. The molecule has 0 aliphatic carbocycles. The maximum atomic E-state index is 13.7. The average Bonchev–Trinajstić information content (AvgIpc) is 3.06. The molecule has 0 aliphatic heterocycles. The zero-order valence-electron chi connectivity index (χ0n) is 26.3. The van der Waals surface area contributed by atoms with E-state index in [1.807, 2.05) is 0 Å². The molecule has 0 saturated heterocycles. The molecule has 0 aliphatic rings. The molecule has 1 N–H and O–H groups in total. The quantitative estimate of drug-likeness (QED) is 0.0707. The molecule has 0 aromatic heterocycles. The Bertz CT molecular complexity index is 1290.